The Morgan fingerprint density at radius 2 is 2.11 bits per heavy atom. The molecule has 0 aromatic carbocycles. The zero-order valence-electron chi connectivity index (χ0n) is 15.3. The predicted octanol–water partition coefficient (Wildman–Crippen LogP) is 2.35. The molecule has 2 aliphatic rings. The SMILES string of the molecule is O=C(c1ccncn1)N1CCC2(CC1)OCC[C@H]2CCOc1ccccn1. The van der Waals surface area contributed by atoms with E-state index in [-0.39, 0.29) is 11.5 Å². The molecule has 2 aromatic rings. The van der Waals surface area contributed by atoms with Crippen LogP contribution in [0.4, 0.5) is 0 Å². The van der Waals surface area contributed by atoms with Crippen molar-refractivity contribution in [1.82, 2.24) is 19.9 Å². The van der Waals surface area contributed by atoms with E-state index in [1.54, 1.807) is 18.5 Å². The van der Waals surface area contributed by atoms with Crippen LogP contribution in [0, 0.1) is 5.92 Å². The molecule has 2 aromatic heterocycles. The fraction of sp³-hybridized carbons (Fsp3) is 0.500. The number of amides is 1. The first-order valence-corrected chi connectivity index (χ1v) is 9.50. The van der Waals surface area contributed by atoms with Gasteiger partial charge in [-0.15, -0.1) is 0 Å². The third-order valence-electron chi connectivity index (χ3n) is 5.65. The van der Waals surface area contributed by atoms with Crippen molar-refractivity contribution >= 4 is 5.91 Å². The van der Waals surface area contributed by atoms with Crippen molar-refractivity contribution in [3.8, 4) is 5.88 Å². The highest BCUT2D eigenvalue weighted by Crippen LogP contribution is 2.42. The van der Waals surface area contributed by atoms with Gasteiger partial charge in [0.1, 0.15) is 12.0 Å². The van der Waals surface area contributed by atoms with Crippen LogP contribution in [0.3, 0.4) is 0 Å². The van der Waals surface area contributed by atoms with Crippen LogP contribution in [-0.4, -0.2) is 57.7 Å². The van der Waals surface area contributed by atoms with E-state index < -0.39 is 0 Å². The van der Waals surface area contributed by atoms with Crippen molar-refractivity contribution in [3.05, 3.63) is 48.7 Å². The maximum absolute atomic E-state index is 12.6. The van der Waals surface area contributed by atoms with Gasteiger partial charge in [0.15, 0.2) is 0 Å². The number of carbonyl (C=O) groups is 1. The van der Waals surface area contributed by atoms with Crippen LogP contribution in [0.1, 0.15) is 36.2 Å². The number of aromatic nitrogens is 3. The summed E-state index contributed by atoms with van der Waals surface area (Å²) in [4.78, 5) is 26.6. The van der Waals surface area contributed by atoms with Crippen molar-refractivity contribution in [3.63, 3.8) is 0 Å². The second kappa shape index (κ2) is 8.00. The Morgan fingerprint density at radius 1 is 1.22 bits per heavy atom. The Hall–Kier alpha value is -2.54. The van der Waals surface area contributed by atoms with E-state index in [0.29, 0.717) is 37.2 Å². The maximum Gasteiger partial charge on any atom is 0.272 e. The van der Waals surface area contributed by atoms with Gasteiger partial charge in [0.2, 0.25) is 5.88 Å². The van der Waals surface area contributed by atoms with E-state index in [2.05, 4.69) is 15.0 Å². The molecule has 0 radical (unpaired) electrons. The Labute approximate surface area is 158 Å². The number of hydrogen-bond acceptors (Lipinski definition) is 6. The van der Waals surface area contributed by atoms with Gasteiger partial charge in [-0.1, -0.05) is 6.07 Å². The van der Waals surface area contributed by atoms with Crippen LogP contribution < -0.4 is 4.74 Å². The van der Waals surface area contributed by atoms with E-state index in [9.17, 15) is 4.79 Å². The first-order chi connectivity index (χ1) is 13.3. The molecular formula is C20H24N4O3. The lowest BCUT2D eigenvalue weighted by Crippen LogP contribution is -2.49. The van der Waals surface area contributed by atoms with Crippen LogP contribution in [0.5, 0.6) is 5.88 Å². The van der Waals surface area contributed by atoms with Crippen LogP contribution in [-0.2, 0) is 4.74 Å². The van der Waals surface area contributed by atoms with Crippen LogP contribution in [0.25, 0.3) is 0 Å². The van der Waals surface area contributed by atoms with E-state index in [1.165, 1.54) is 6.33 Å². The fourth-order valence-corrected chi connectivity index (χ4v) is 4.15. The maximum atomic E-state index is 12.6. The molecule has 2 saturated heterocycles. The Morgan fingerprint density at radius 3 is 2.85 bits per heavy atom. The molecule has 1 atom stereocenters. The second-order valence-corrected chi connectivity index (χ2v) is 7.09. The molecule has 7 nitrogen and oxygen atoms in total. The molecule has 142 valence electrons. The lowest BCUT2D eigenvalue weighted by Gasteiger charge is -2.42. The summed E-state index contributed by atoms with van der Waals surface area (Å²) in [5.41, 5.74) is 0.323. The lowest BCUT2D eigenvalue weighted by molar-refractivity contribution is -0.0649. The van der Waals surface area contributed by atoms with Gasteiger partial charge in [-0.3, -0.25) is 4.79 Å². The summed E-state index contributed by atoms with van der Waals surface area (Å²) in [6, 6.07) is 7.34. The van der Waals surface area contributed by atoms with Gasteiger partial charge < -0.3 is 14.4 Å². The molecule has 2 fully saturated rings. The Bertz CT molecular complexity index is 748. The van der Waals surface area contributed by atoms with Gasteiger partial charge in [0.05, 0.1) is 12.2 Å². The largest absolute Gasteiger partial charge is 0.478 e. The number of carbonyl (C=O) groups excluding carboxylic acids is 1. The monoisotopic (exact) mass is 368 g/mol. The van der Waals surface area contributed by atoms with Crippen molar-refractivity contribution in [2.45, 2.75) is 31.3 Å². The van der Waals surface area contributed by atoms with Crippen molar-refractivity contribution < 1.29 is 14.3 Å². The molecule has 0 unspecified atom stereocenters. The number of hydrogen-bond donors (Lipinski definition) is 0. The quantitative estimate of drug-likeness (QED) is 0.806. The highest BCUT2D eigenvalue weighted by Gasteiger charge is 2.46. The fourth-order valence-electron chi connectivity index (χ4n) is 4.15. The minimum Gasteiger partial charge on any atom is -0.478 e. The summed E-state index contributed by atoms with van der Waals surface area (Å²) in [5.74, 6) is 1.09. The zero-order valence-corrected chi connectivity index (χ0v) is 15.3. The number of ether oxygens (including phenoxy) is 2. The summed E-state index contributed by atoms with van der Waals surface area (Å²) in [7, 11) is 0. The molecule has 0 aliphatic carbocycles. The summed E-state index contributed by atoms with van der Waals surface area (Å²) < 4.78 is 12.0. The molecule has 27 heavy (non-hydrogen) atoms. The molecule has 1 spiro atoms. The highest BCUT2D eigenvalue weighted by atomic mass is 16.5. The summed E-state index contributed by atoms with van der Waals surface area (Å²) in [6.07, 6.45) is 8.46. The van der Waals surface area contributed by atoms with E-state index in [1.807, 2.05) is 23.1 Å². The Kier molecular flexibility index (Phi) is 5.29. The summed E-state index contributed by atoms with van der Waals surface area (Å²) >= 11 is 0. The average molecular weight is 368 g/mol. The Balaban J connectivity index is 1.31. The zero-order chi connectivity index (χ0) is 18.5. The molecule has 0 N–H and O–H groups in total. The molecule has 0 bridgehead atoms. The molecule has 0 saturated carbocycles. The lowest BCUT2D eigenvalue weighted by atomic mass is 9.78. The van der Waals surface area contributed by atoms with Gasteiger partial charge in [0.25, 0.3) is 5.91 Å². The predicted molar refractivity (Wildman–Crippen MR) is 98.3 cm³/mol. The average Bonchev–Trinajstić information content (AvgIpc) is 3.11. The van der Waals surface area contributed by atoms with E-state index >= 15 is 0 Å². The number of piperidine rings is 1. The van der Waals surface area contributed by atoms with Gasteiger partial charge in [-0.25, -0.2) is 15.0 Å². The molecular weight excluding hydrogens is 344 g/mol. The highest BCUT2D eigenvalue weighted by molar-refractivity contribution is 5.92. The van der Waals surface area contributed by atoms with Gasteiger partial charge in [-0.2, -0.15) is 0 Å². The number of nitrogens with zero attached hydrogens (tertiary/aromatic N) is 4. The molecule has 7 heteroatoms. The van der Waals surface area contributed by atoms with Crippen molar-refractivity contribution in [2.75, 3.05) is 26.3 Å². The number of pyridine rings is 1. The number of likely N-dealkylation sites (tertiary alicyclic amines) is 1. The van der Waals surface area contributed by atoms with Gasteiger partial charge in [0, 0.05) is 38.2 Å². The molecule has 1 amide bonds. The molecule has 2 aliphatic heterocycles. The van der Waals surface area contributed by atoms with Gasteiger partial charge >= 0.3 is 0 Å². The standard InChI is InChI=1S/C20H24N4O3/c25-19(17-4-10-21-15-23-17)24-11-7-20(8-12-24)16(6-14-27-20)5-13-26-18-3-1-2-9-22-18/h1-4,9-10,15-16H,5-8,11-14H2/t16-/m1/s1. The van der Waals surface area contributed by atoms with Crippen LogP contribution in [0.2, 0.25) is 0 Å². The molecule has 4 rings (SSSR count). The molecule has 4 heterocycles. The second-order valence-electron chi connectivity index (χ2n) is 7.09. The third-order valence-corrected chi connectivity index (χ3v) is 5.65. The van der Waals surface area contributed by atoms with Crippen LogP contribution >= 0.6 is 0 Å². The first kappa shape index (κ1) is 17.9. The van der Waals surface area contributed by atoms with Crippen LogP contribution in [0.15, 0.2) is 43.0 Å². The first-order valence-electron chi connectivity index (χ1n) is 9.50. The number of rotatable bonds is 5. The van der Waals surface area contributed by atoms with Crippen molar-refractivity contribution in [2.24, 2.45) is 5.92 Å². The smallest absolute Gasteiger partial charge is 0.272 e. The normalized spacial score (nSPS) is 21.3. The topological polar surface area (TPSA) is 77.4 Å². The summed E-state index contributed by atoms with van der Waals surface area (Å²) in [6.45, 7) is 2.81. The third kappa shape index (κ3) is 3.93. The minimum absolute atomic E-state index is 0.0275. The minimum atomic E-state index is -0.129. The van der Waals surface area contributed by atoms with Gasteiger partial charge in [-0.05, 0) is 43.7 Å². The van der Waals surface area contributed by atoms with Crippen molar-refractivity contribution in [1.29, 1.82) is 0 Å². The van der Waals surface area contributed by atoms with E-state index in [0.717, 1.165) is 32.3 Å². The van der Waals surface area contributed by atoms with E-state index in [4.69, 9.17) is 9.47 Å². The summed E-state index contributed by atoms with van der Waals surface area (Å²) in [5, 5.41) is 0.